The van der Waals surface area contributed by atoms with E-state index in [0.717, 1.165) is 19.3 Å². The molecule has 0 radical (unpaired) electrons. The smallest absolute Gasteiger partial charge is 0.193 e. The van der Waals surface area contributed by atoms with E-state index < -0.39 is 10.7 Å². The Balaban J connectivity index is 2.17. The van der Waals surface area contributed by atoms with Crippen molar-refractivity contribution in [3.8, 4) is 0 Å². The van der Waals surface area contributed by atoms with Gasteiger partial charge in [0.15, 0.2) is 0 Å². The molecule has 0 heterocycles. The second-order valence-electron chi connectivity index (χ2n) is 3.85. The molecule has 0 aromatic heterocycles. The monoisotopic (exact) mass is 302 g/mol. The maximum absolute atomic E-state index is 13.0. The zero-order chi connectivity index (χ0) is 8.93. The summed E-state index contributed by atoms with van der Waals surface area (Å²) < 4.78 is 26.0. The van der Waals surface area contributed by atoms with Crippen molar-refractivity contribution in [2.24, 2.45) is 17.8 Å². The van der Waals surface area contributed by atoms with Crippen LogP contribution in [0.15, 0.2) is 0 Å². The third kappa shape index (κ3) is 1.35. The molecule has 2 fully saturated rings. The van der Waals surface area contributed by atoms with Crippen molar-refractivity contribution < 1.29 is 8.78 Å². The molecule has 2 saturated carbocycles. The van der Waals surface area contributed by atoms with Gasteiger partial charge in [-0.2, -0.15) is 8.78 Å². The fourth-order valence-corrected chi connectivity index (χ4v) is 4.93. The molecule has 0 aromatic rings. The third-order valence-corrected chi connectivity index (χ3v) is 5.04. The SMILES string of the molecule is FC(F)(Br)[C@H]1[C@H]2CC[C@H](C2)[C@@H]1Br. The van der Waals surface area contributed by atoms with E-state index in [1.165, 1.54) is 0 Å². The largest absolute Gasteiger partial charge is 0.305 e. The predicted octanol–water partition coefficient (Wildman–Crippen LogP) is 3.78. The maximum Gasteiger partial charge on any atom is 0.305 e. The molecule has 2 aliphatic rings. The van der Waals surface area contributed by atoms with Gasteiger partial charge in [-0.1, -0.05) is 15.9 Å². The lowest BCUT2D eigenvalue weighted by atomic mass is 9.89. The summed E-state index contributed by atoms with van der Waals surface area (Å²) in [4.78, 5) is -2.66. The molecule has 0 nitrogen and oxygen atoms in total. The average Bonchev–Trinajstić information content (AvgIpc) is 2.42. The first kappa shape index (κ1) is 9.38. The van der Waals surface area contributed by atoms with Gasteiger partial charge in [-0.25, -0.2) is 0 Å². The Hall–Kier alpha value is 0.820. The lowest BCUT2D eigenvalue weighted by Gasteiger charge is -2.30. The summed E-state index contributed by atoms with van der Waals surface area (Å²) >= 11 is 5.87. The van der Waals surface area contributed by atoms with Gasteiger partial charge in [-0.15, -0.1) is 0 Å². The summed E-state index contributed by atoms with van der Waals surface area (Å²) in [7, 11) is 0. The van der Waals surface area contributed by atoms with Gasteiger partial charge in [-0.3, -0.25) is 0 Å². The van der Waals surface area contributed by atoms with Crippen LogP contribution in [-0.4, -0.2) is 9.66 Å². The molecule has 0 aliphatic heterocycles. The molecular weight excluding hydrogens is 294 g/mol. The van der Waals surface area contributed by atoms with Crippen LogP contribution in [0.25, 0.3) is 0 Å². The first-order valence-corrected chi connectivity index (χ1v) is 5.92. The molecule has 4 atom stereocenters. The molecule has 4 heteroatoms. The fourth-order valence-electron chi connectivity index (χ4n) is 2.67. The van der Waals surface area contributed by atoms with E-state index in [0.29, 0.717) is 5.92 Å². The molecule has 0 spiro atoms. The van der Waals surface area contributed by atoms with Crippen molar-refractivity contribution in [1.29, 1.82) is 0 Å². The highest BCUT2D eigenvalue weighted by molar-refractivity contribution is 9.10. The number of fused-ring (bicyclic) bond motifs is 2. The van der Waals surface area contributed by atoms with Crippen LogP contribution in [0.1, 0.15) is 19.3 Å². The lowest BCUT2D eigenvalue weighted by Crippen LogP contribution is -2.34. The summed E-state index contributed by atoms with van der Waals surface area (Å²) in [6.45, 7) is 0. The summed E-state index contributed by atoms with van der Waals surface area (Å²) in [6.07, 6.45) is 3.10. The first-order chi connectivity index (χ1) is 5.50. The summed E-state index contributed by atoms with van der Waals surface area (Å²) in [5.41, 5.74) is 0. The molecule has 2 aliphatic carbocycles. The Morgan fingerprint density at radius 1 is 1.17 bits per heavy atom. The molecule has 0 aromatic carbocycles. The van der Waals surface area contributed by atoms with Crippen molar-refractivity contribution in [3.63, 3.8) is 0 Å². The van der Waals surface area contributed by atoms with Crippen molar-refractivity contribution in [1.82, 2.24) is 0 Å². The Morgan fingerprint density at radius 2 is 1.75 bits per heavy atom. The Labute approximate surface area is 87.3 Å². The Kier molecular flexibility index (Phi) is 2.27. The van der Waals surface area contributed by atoms with E-state index in [1.54, 1.807) is 0 Å². The van der Waals surface area contributed by atoms with E-state index in [4.69, 9.17) is 0 Å². The number of hydrogen-bond acceptors (Lipinski definition) is 0. The van der Waals surface area contributed by atoms with Gasteiger partial charge in [0.05, 0.1) is 0 Å². The van der Waals surface area contributed by atoms with Gasteiger partial charge in [0.25, 0.3) is 0 Å². The fraction of sp³-hybridized carbons (Fsp3) is 1.00. The van der Waals surface area contributed by atoms with E-state index in [2.05, 4.69) is 31.9 Å². The van der Waals surface area contributed by atoms with Crippen LogP contribution in [0.3, 0.4) is 0 Å². The Bertz CT molecular complexity index is 188. The average molecular weight is 304 g/mol. The van der Waals surface area contributed by atoms with E-state index in [9.17, 15) is 8.78 Å². The van der Waals surface area contributed by atoms with Crippen LogP contribution in [-0.2, 0) is 0 Å². The van der Waals surface area contributed by atoms with Gasteiger partial charge >= 0.3 is 4.83 Å². The first-order valence-electron chi connectivity index (χ1n) is 4.21. The number of rotatable bonds is 1. The van der Waals surface area contributed by atoms with Crippen LogP contribution in [0.5, 0.6) is 0 Å². The minimum absolute atomic E-state index is 0.0191. The van der Waals surface area contributed by atoms with Gasteiger partial charge in [0.2, 0.25) is 0 Å². The normalized spacial score (nSPS) is 47.0. The molecule has 0 unspecified atom stereocenters. The van der Waals surface area contributed by atoms with Crippen LogP contribution in [0, 0.1) is 17.8 Å². The number of alkyl halides is 4. The molecule has 0 amide bonds. The predicted molar refractivity (Wildman–Crippen MR) is 50.9 cm³/mol. The molecule has 0 saturated heterocycles. The van der Waals surface area contributed by atoms with Crippen LogP contribution >= 0.6 is 31.9 Å². The van der Waals surface area contributed by atoms with Gasteiger partial charge in [0, 0.05) is 10.7 Å². The van der Waals surface area contributed by atoms with Crippen molar-refractivity contribution in [2.75, 3.05) is 0 Å². The molecule has 2 bridgehead atoms. The summed E-state index contributed by atoms with van der Waals surface area (Å²) in [5.74, 6) is 0.230. The Morgan fingerprint density at radius 3 is 2.08 bits per heavy atom. The summed E-state index contributed by atoms with van der Waals surface area (Å²) in [6, 6.07) is 0. The van der Waals surface area contributed by atoms with Crippen LogP contribution < -0.4 is 0 Å². The van der Waals surface area contributed by atoms with Crippen molar-refractivity contribution in [3.05, 3.63) is 0 Å². The molecule has 12 heavy (non-hydrogen) atoms. The minimum atomic E-state index is -2.68. The topological polar surface area (TPSA) is 0 Å². The summed E-state index contributed by atoms with van der Waals surface area (Å²) in [5, 5.41) is 0. The zero-order valence-corrected chi connectivity index (χ0v) is 9.61. The molecule has 70 valence electrons. The second-order valence-corrected chi connectivity index (χ2v) is 5.96. The van der Waals surface area contributed by atoms with Crippen LogP contribution in [0.2, 0.25) is 0 Å². The van der Waals surface area contributed by atoms with Gasteiger partial charge in [-0.05, 0) is 47.0 Å². The zero-order valence-electron chi connectivity index (χ0n) is 6.44. The number of halogens is 4. The highest BCUT2D eigenvalue weighted by Gasteiger charge is 2.56. The standard InChI is InChI=1S/C8H10Br2F2/c9-7-5-2-1-4(3-5)6(7)8(10,11)12/h4-7H,1-3H2/t4-,5+,6-,7-/m0/s1. The lowest BCUT2D eigenvalue weighted by molar-refractivity contribution is 0.0220. The van der Waals surface area contributed by atoms with Crippen molar-refractivity contribution >= 4 is 31.9 Å². The van der Waals surface area contributed by atoms with E-state index in [1.807, 2.05) is 0 Å². The molecule has 2 rings (SSSR count). The third-order valence-electron chi connectivity index (χ3n) is 3.19. The minimum Gasteiger partial charge on any atom is -0.193 e. The van der Waals surface area contributed by atoms with E-state index in [-0.39, 0.29) is 10.7 Å². The highest BCUT2D eigenvalue weighted by atomic mass is 79.9. The molecular formula is C8H10Br2F2. The number of hydrogen-bond donors (Lipinski definition) is 0. The van der Waals surface area contributed by atoms with E-state index >= 15 is 0 Å². The second kappa shape index (κ2) is 2.91. The van der Waals surface area contributed by atoms with Crippen LogP contribution in [0.4, 0.5) is 8.78 Å². The van der Waals surface area contributed by atoms with Gasteiger partial charge < -0.3 is 0 Å². The van der Waals surface area contributed by atoms with Gasteiger partial charge in [0.1, 0.15) is 0 Å². The van der Waals surface area contributed by atoms with Crippen molar-refractivity contribution in [2.45, 2.75) is 28.9 Å². The highest BCUT2D eigenvalue weighted by Crippen LogP contribution is 2.57. The quantitative estimate of drug-likeness (QED) is 0.647. The molecule has 0 N–H and O–H groups in total. The maximum atomic E-state index is 13.0.